The van der Waals surface area contributed by atoms with Crippen LogP contribution in [0, 0.1) is 0 Å². The van der Waals surface area contributed by atoms with Crippen LogP contribution in [0.2, 0.25) is 0 Å². The second-order valence-corrected chi connectivity index (χ2v) is 9.20. The molecule has 2 amide bonds. The molecule has 1 heterocycles. The number of carbonyl (C=O) groups excluding carboxylic acids is 3. The zero-order valence-electron chi connectivity index (χ0n) is 21.7. The molecule has 39 heavy (non-hydrogen) atoms. The van der Waals surface area contributed by atoms with Gasteiger partial charge in [-0.1, -0.05) is 30.3 Å². The number of anilines is 2. The minimum Gasteiger partial charge on any atom is -0.490 e. The number of alkyl halides is 2. The molecule has 0 aliphatic carbocycles. The number of benzene rings is 3. The van der Waals surface area contributed by atoms with Crippen molar-refractivity contribution in [2.45, 2.75) is 32.3 Å². The van der Waals surface area contributed by atoms with Crippen molar-refractivity contribution in [3.05, 3.63) is 95.6 Å². The smallest absolute Gasteiger partial charge is 0.330 e. The fraction of sp³-hybridized carbons (Fsp3) is 0.233. The van der Waals surface area contributed by atoms with Gasteiger partial charge in [0, 0.05) is 41.4 Å². The molecule has 3 aromatic carbocycles. The monoisotopic (exact) mass is 534 g/mol. The number of hydrogen-bond acceptors (Lipinski definition) is 5. The standard InChI is InChI=1S/C30H28F2N2O5/c1-19(2)39-26-11-7-5-9-23(26)28(36)33-21-14-12-20(13-15-21)29(37)34-17-16-30(31,32)24(18-27(35)38-3)22-8-4-6-10-25(22)34/h4-15,18-19H,16-17H2,1-3H3,(H,33,36)/b24-18-. The lowest BCUT2D eigenvalue weighted by molar-refractivity contribution is -0.134. The van der Waals surface area contributed by atoms with Gasteiger partial charge in [0.25, 0.3) is 17.7 Å². The van der Waals surface area contributed by atoms with Crippen molar-refractivity contribution in [2.75, 3.05) is 23.9 Å². The molecule has 1 N–H and O–H groups in total. The van der Waals surface area contributed by atoms with Crippen LogP contribution in [0.1, 0.15) is 46.5 Å². The molecule has 0 unspecified atom stereocenters. The Morgan fingerprint density at radius 1 is 0.974 bits per heavy atom. The molecule has 0 spiro atoms. The van der Waals surface area contributed by atoms with Crippen LogP contribution in [-0.4, -0.2) is 43.5 Å². The summed E-state index contributed by atoms with van der Waals surface area (Å²) in [5.41, 5.74) is 0.889. The van der Waals surface area contributed by atoms with E-state index in [-0.39, 0.29) is 35.4 Å². The Bertz CT molecular complexity index is 1420. The molecular weight excluding hydrogens is 506 g/mol. The molecule has 0 aromatic heterocycles. The predicted molar refractivity (Wildman–Crippen MR) is 144 cm³/mol. The number of carbonyl (C=O) groups is 3. The summed E-state index contributed by atoms with van der Waals surface area (Å²) in [4.78, 5) is 39.5. The number of hydrogen-bond donors (Lipinski definition) is 1. The van der Waals surface area contributed by atoms with Gasteiger partial charge in [-0.15, -0.1) is 0 Å². The summed E-state index contributed by atoms with van der Waals surface area (Å²) in [7, 11) is 1.11. The SMILES string of the molecule is COC(=O)/C=C1/c2ccccc2N(C(=O)c2ccc(NC(=O)c3ccccc3OC(C)C)cc2)CCC1(F)F. The Kier molecular flexibility index (Phi) is 8.09. The molecule has 0 saturated heterocycles. The maximum atomic E-state index is 15.1. The number of nitrogens with one attached hydrogen (secondary N) is 1. The lowest BCUT2D eigenvalue weighted by atomic mass is 9.97. The predicted octanol–water partition coefficient (Wildman–Crippen LogP) is 5.97. The van der Waals surface area contributed by atoms with Gasteiger partial charge in [0.2, 0.25) is 0 Å². The van der Waals surface area contributed by atoms with E-state index in [0.29, 0.717) is 17.0 Å². The summed E-state index contributed by atoms with van der Waals surface area (Å²) >= 11 is 0. The molecule has 0 bridgehead atoms. The summed E-state index contributed by atoms with van der Waals surface area (Å²) in [6.07, 6.45) is -0.0167. The number of halogens is 2. The molecule has 1 aliphatic heterocycles. The maximum absolute atomic E-state index is 15.1. The van der Waals surface area contributed by atoms with Gasteiger partial charge in [-0.25, -0.2) is 13.6 Å². The van der Waals surface area contributed by atoms with E-state index in [1.54, 1.807) is 54.6 Å². The second kappa shape index (κ2) is 11.5. The highest BCUT2D eigenvalue weighted by Crippen LogP contribution is 2.43. The van der Waals surface area contributed by atoms with Gasteiger partial charge in [-0.3, -0.25) is 9.59 Å². The first-order chi connectivity index (χ1) is 18.6. The van der Waals surface area contributed by atoms with Crippen molar-refractivity contribution in [2.24, 2.45) is 0 Å². The summed E-state index contributed by atoms with van der Waals surface area (Å²) in [6.45, 7) is 3.46. The van der Waals surface area contributed by atoms with Crippen molar-refractivity contribution >= 4 is 34.7 Å². The van der Waals surface area contributed by atoms with E-state index in [1.165, 1.54) is 23.1 Å². The van der Waals surface area contributed by atoms with Gasteiger partial charge in [0.1, 0.15) is 5.75 Å². The van der Waals surface area contributed by atoms with Crippen molar-refractivity contribution in [1.29, 1.82) is 0 Å². The Hall–Kier alpha value is -4.53. The van der Waals surface area contributed by atoms with E-state index >= 15 is 8.78 Å². The Balaban J connectivity index is 1.58. The van der Waals surface area contributed by atoms with Crippen LogP contribution in [0.25, 0.3) is 5.57 Å². The number of ether oxygens (including phenoxy) is 2. The summed E-state index contributed by atoms with van der Waals surface area (Å²) in [5.74, 6) is -4.68. The molecule has 0 saturated carbocycles. The first-order valence-corrected chi connectivity index (χ1v) is 12.4. The van der Waals surface area contributed by atoms with Crippen LogP contribution in [0.15, 0.2) is 78.9 Å². The molecule has 0 atom stereocenters. The Morgan fingerprint density at radius 3 is 2.33 bits per heavy atom. The minimum absolute atomic E-state index is 0.0740. The van der Waals surface area contributed by atoms with Crippen LogP contribution in [0.5, 0.6) is 5.75 Å². The fourth-order valence-electron chi connectivity index (χ4n) is 4.27. The topological polar surface area (TPSA) is 84.9 Å². The van der Waals surface area contributed by atoms with E-state index in [0.717, 1.165) is 13.2 Å². The number of methoxy groups -OCH3 is 1. The van der Waals surface area contributed by atoms with Gasteiger partial charge >= 0.3 is 5.97 Å². The lowest BCUT2D eigenvalue weighted by Gasteiger charge is -2.23. The molecule has 202 valence electrons. The number of nitrogens with zero attached hydrogens (tertiary/aromatic N) is 1. The first-order valence-electron chi connectivity index (χ1n) is 12.4. The average molecular weight is 535 g/mol. The van der Waals surface area contributed by atoms with Crippen LogP contribution in [-0.2, 0) is 9.53 Å². The molecular formula is C30H28F2N2O5. The highest BCUT2D eigenvalue weighted by atomic mass is 19.3. The number of esters is 1. The first kappa shape index (κ1) is 27.5. The molecule has 9 heteroatoms. The number of amides is 2. The van der Waals surface area contributed by atoms with Crippen LogP contribution >= 0.6 is 0 Å². The van der Waals surface area contributed by atoms with E-state index < -0.39 is 29.8 Å². The van der Waals surface area contributed by atoms with E-state index in [4.69, 9.17) is 4.74 Å². The number of fused-ring (bicyclic) bond motifs is 1. The second-order valence-electron chi connectivity index (χ2n) is 9.20. The molecule has 0 fully saturated rings. The fourth-order valence-corrected chi connectivity index (χ4v) is 4.27. The molecule has 7 nitrogen and oxygen atoms in total. The van der Waals surface area contributed by atoms with Gasteiger partial charge in [0.05, 0.1) is 24.5 Å². The van der Waals surface area contributed by atoms with Crippen LogP contribution in [0.4, 0.5) is 20.2 Å². The summed E-state index contributed by atoms with van der Waals surface area (Å²) in [5, 5.41) is 2.79. The van der Waals surface area contributed by atoms with Gasteiger partial charge in [-0.05, 0) is 56.3 Å². The van der Waals surface area contributed by atoms with Crippen LogP contribution in [0.3, 0.4) is 0 Å². The van der Waals surface area contributed by atoms with Crippen molar-refractivity contribution in [1.82, 2.24) is 0 Å². The lowest BCUT2D eigenvalue weighted by Crippen LogP contribution is -2.33. The maximum Gasteiger partial charge on any atom is 0.330 e. The third-order valence-corrected chi connectivity index (χ3v) is 6.12. The zero-order valence-corrected chi connectivity index (χ0v) is 21.7. The zero-order chi connectivity index (χ0) is 28.2. The van der Waals surface area contributed by atoms with Gasteiger partial charge < -0.3 is 19.7 Å². The van der Waals surface area contributed by atoms with Gasteiger partial charge in [0.15, 0.2) is 0 Å². The number of rotatable bonds is 6. The summed E-state index contributed by atoms with van der Waals surface area (Å²) in [6, 6.07) is 19.3. The van der Waals surface area contributed by atoms with Crippen molar-refractivity contribution in [3.8, 4) is 5.75 Å². The van der Waals surface area contributed by atoms with Crippen LogP contribution < -0.4 is 15.0 Å². The van der Waals surface area contributed by atoms with Crippen molar-refractivity contribution in [3.63, 3.8) is 0 Å². The molecule has 1 aliphatic rings. The normalized spacial score (nSPS) is 15.3. The molecule has 4 rings (SSSR count). The highest BCUT2D eigenvalue weighted by Gasteiger charge is 2.41. The van der Waals surface area contributed by atoms with E-state index in [9.17, 15) is 14.4 Å². The highest BCUT2D eigenvalue weighted by molar-refractivity contribution is 6.10. The average Bonchev–Trinajstić information content (AvgIpc) is 3.02. The third kappa shape index (κ3) is 6.14. The quantitative estimate of drug-likeness (QED) is 0.311. The van der Waals surface area contributed by atoms with E-state index in [1.807, 2.05) is 13.8 Å². The number of para-hydroxylation sites is 2. The third-order valence-electron chi connectivity index (χ3n) is 6.12. The molecule has 0 radical (unpaired) electrons. The number of allylic oxidation sites excluding steroid dienone is 1. The van der Waals surface area contributed by atoms with E-state index in [2.05, 4.69) is 10.1 Å². The Labute approximate surface area is 225 Å². The Morgan fingerprint density at radius 2 is 1.64 bits per heavy atom. The summed E-state index contributed by atoms with van der Waals surface area (Å²) < 4.78 is 40.5. The largest absolute Gasteiger partial charge is 0.490 e. The molecule has 3 aromatic rings. The van der Waals surface area contributed by atoms with Crippen molar-refractivity contribution < 1.29 is 32.6 Å². The van der Waals surface area contributed by atoms with Gasteiger partial charge in [-0.2, -0.15) is 0 Å². The minimum atomic E-state index is -3.36.